The number of aliphatic hydroxyl groups is 2. The molecule has 0 radical (unpaired) electrons. The van der Waals surface area contributed by atoms with Crippen LogP contribution in [0.25, 0.3) is 0 Å². The summed E-state index contributed by atoms with van der Waals surface area (Å²) in [6.07, 6.45) is 2.24. The van der Waals surface area contributed by atoms with Gasteiger partial charge in [0.2, 0.25) is 0 Å². The van der Waals surface area contributed by atoms with Gasteiger partial charge in [0.25, 0.3) is 0 Å². The number of nitrogens with zero attached hydrogens (tertiary/aromatic N) is 3. The Morgan fingerprint density at radius 1 is 0.762 bits per heavy atom. The summed E-state index contributed by atoms with van der Waals surface area (Å²) in [7, 11) is 0. The standard InChI is InChI=1S/C14H31IN4O2/c15-19-7-2-6-17(11-13-20)8-4-16-3-1-5-18(9-10-19)12-14-21/h16,20-21H,1-14H2. The minimum Gasteiger partial charge on any atom is -0.395 e. The molecular formula is C14H31IN4O2. The molecule has 1 heterocycles. The molecule has 0 aromatic rings. The SMILES string of the molecule is OCCN1CCCN(I)CCN(CCO)CCCNCC1. The third-order valence-corrected chi connectivity index (χ3v) is 4.76. The van der Waals surface area contributed by atoms with E-state index >= 15 is 0 Å². The first kappa shape index (κ1) is 19.5. The number of nitrogens with one attached hydrogen (secondary N) is 1. The molecule has 0 unspecified atom stereocenters. The van der Waals surface area contributed by atoms with Crippen molar-refractivity contribution in [1.82, 2.24) is 18.2 Å². The van der Waals surface area contributed by atoms with Crippen LogP contribution in [0.2, 0.25) is 0 Å². The summed E-state index contributed by atoms with van der Waals surface area (Å²) in [6.45, 7) is 10.2. The first-order valence-corrected chi connectivity index (χ1v) is 9.00. The van der Waals surface area contributed by atoms with Crippen LogP contribution >= 0.6 is 22.9 Å². The maximum Gasteiger partial charge on any atom is 0.0558 e. The molecule has 3 N–H and O–H groups in total. The van der Waals surface area contributed by atoms with Crippen LogP contribution in [-0.2, 0) is 0 Å². The number of hydrogen-bond donors (Lipinski definition) is 3. The lowest BCUT2D eigenvalue weighted by Gasteiger charge is -2.26. The molecule has 0 spiro atoms. The molecule has 7 heteroatoms. The Labute approximate surface area is 143 Å². The quantitative estimate of drug-likeness (QED) is 0.431. The van der Waals surface area contributed by atoms with Gasteiger partial charge in [-0.15, -0.1) is 0 Å². The van der Waals surface area contributed by atoms with Crippen LogP contribution in [0, 0.1) is 0 Å². The van der Waals surface area contributed by atoms with E-state index in [9.17, 15) is 0 Å². The zero-order valence-electron chi connectivity index (χ0n) is 13.0. The highest BCUT2D eigenvalue weighted by atomic mass is 127. The Morgan fingerprint density at radius 2 is 1.43 bits per heavy atom. The van der Waals surface area contributed by atoms with Crippen LogP contribution in [0.3, 0.4) is 0 Å². The minimum atomic E-state index is 0.240. The second-order valence-electron chi connectivity index (χ2n) is 5.50. The number of β-amino-alcohol motifs (C(OH)–C–C–N with tert-alkyl or cyclic N) is 2. The zero-order chi connectivity index (χ0) is 15.3. The maximum absolute atomic E-state index is 9.14. The van der Waals surface area contributed by atoms with Gasteiger partial charge < -0.3 is 15.5 Å². The molecule has 0 bridgehead atoms. The molecule has 0 aromatic carbocycles. The van der Waals surface area contributed by atoms with E-state index in [0.717, 1.165) is 78.3 Å². The Balaban J connectivity index is 2.39. The highest BCUT2D eigenvalue weighted by Crippen LogP contribution is 2.03. The van der Waals surface area contributed by atoms with E-state index in [2.05, 4.69) is 41.1 Å². The minimum absolute atomic E-state index is 0.240. The second-order valence-corrected chi connectivity index (χ2v) is 6.86. The van der Waals surface area contributed by atoms with Crippen molar-refractivity contribution in [3.05, 3.63) is 0 Å². The largest absolute Gasteiger partial charge is 0.395 e. The summed E-state index contributed by atoms with van der Waals surface area (Å²) in [5.41, 5.74) is 0. The molecule has 1 aliphatic rings. The van der Waals surface area contributed by atoms with E-state index in [1.807, 2.05) is 0 Å². The molecule has 1 aliphatic heterocycles. The van der Waals surface area contributed by atoms with Gasteiger partial charge in [0, 0.05) is 68.7 Å². The fraction of sp³-hybridized carbons (Fsp3) is 1.00. The van der Waals surface area contributed by atoms with Gasteiger partial charge in [0.05, 0.1) is 13.2 Å². The second kappa shape index (κ2) is 13.0. The molecule has 0 aliphatic carbocycles. The van der Waals surface area contributed by atoms with Crippen molar-refractivity contribution in [2.75, 3.05) is 78.7 Å². The molecule has 0 atom stereocenters. The Bertz CT molecular complexity index is 249. The Kier molecular flexibility index (Phi) is 12.1. The monoisotopic (exact) mass is 414 g/mol. The predicted octanol–water partition coefficient (Wildman–Crippen LogP) is -0.390. The van der Waals surface area contributed by atoms with Crippen LogP contribution in [0.5, 0.6) is 0 Å². The average molecular weight is 414 g/mol. The molecule has 1 saturated heterocycles. The van der Waals surface area contributed by atoms with Crippen molar-refractivity contribution in [3.63, 3.8) is 0 Å². The predicted molar refractivity (Wildman–Crippen MR) is 94.7 cm³/mol. The summed E-state index contributed by atoms with van der Waals surface area (Å²) in [5.74, 6) is 0. The average Bonchev–Trinajstić information content (AvgIpc) is 2.47. The van der Waals surface area contributed by atoms with Crippen molar-refractivity contribution >= 4 is 22.9 Å². The van der Waals surface area contributed by atoms with Crippen molar-refractivity contribution in [1.29, 1.82) is 0 Å². The van der Waals surface area contributed by atoms with Gasteiger partial charge in [-0.2, -0.15) is 0 Å². The Hall–Kier alpha value is 0.490. The van der Waals surface area contributed by atoms with Crippen LogP contribution in [0.4, 0.5) is 0 Å². The lowest BCUT2D eigenvalue weighted by Crippen LogP contribution is -2.39. The summed E-state index contributed by atoms with van der Waals surface area (Å²) in [6, 6.07) is 0. The van der Waals surface area contributed by atoms with Crippen LogP contribution in [-0.4, -0.2) is 102 Å². The highest BCUT2D eigenvalue weighted by molar-refractivity contribution is 14.1. The molecule has 6 nitrogen and oxygen atoms in total. The van der Waals surface area contributed by atoms with Gasteiger partial charge in [-0.05, 0) is 32.5 Å². The van der Waals surface area contributed by atoms with Gasteiger partial charge in [-0.3, -0.25) is 9.80 Å². The molecule has 0 aromatic heterocycles. The molecule has 1 rings (SSSR count). The van der Waals surface area contributed by atoms with Crippen molar-refractivity contribution < 1.29 is 10.2 Å². The van der Waals surface area contributed by atoms with Gasteiger partial charge in [0.1, 0.15) is 0 Å². The summed E-state index contributed by atoms with van der Waals surface area (Å²) < 4.78 is 2.34. The van der Waals surface area contributed by atoms with E-state index in [4.69, 9.17) is 10.2 Å². The summed E-state index contributed by atoms with van der Waals surface area (Å²) in [4.78, 5) is 4.68. The topological polar surface area (TPSA) is 62.2 Å². The number of halogens is 1. The fourth-order valence-corrected chi connectivity index (χ4v) is 3.13. The van der Waals surface area contributed by atoms with Crippen LogP contribution < -0.4 is 5.32 Å². The first-order valence-electron chi connectivity index (χ1n) is 8.04. The van der Waals surface area contributed by atoms with E-state index < -0.39 is 0 Å². The van der Waals surface area contributed by atoms with Gasteiger partial charge >= 0.3 is 0 Å². The van der Waals surface area contributed by atoms with Crippen LogP contribution in [0.15, 0.2) is 0 Å². The lowest BCUT2D eigenvalue weighted by molar-refractivity contribution is 0.178. The number of aliphatic hydroxyl groups excluding tert-OH is 2. The first-order chi connectivity index (χ1) is 10.3. The van der Waals surface area contributed by atoms with E-state index in [-0.39, 0.29) is 13.2 Å². The Morgan fingerprint density at radius 3 is 2.14 bits per heavy atom. The van der Waals surface area contributed by atoms with E-state index in [1.165, 1.54) is 0 Å². The molecular weight excluding hydrogens is 383 g/mol. The third kappa shape index (κ3) is 9.98. The highest BCUT2D eigenvalue weighted by Gasteiger charge is 2.09. The van der Waals surface area contributed by atoms with Crippen molar-refractivity contribution in [2.24, 2.45) is 0 Å². The molecule has 0 amide bonds. The summed E-state index contributed by atoms with van der Waals surface area (Å²) >= 11 is 2.40. The van der Waals surface area contributed by atoms with Crippen molar-refractivity contribution in [2.45, 2.75) is 12.8 Å². The van der Waals surface area contributed by atoms with Gasteiger partial charge in [-0.25, -0.2) is 3.11 Å². The van der Waals surface area contributed by atoms with Gasteiger partial charge in [-0.1, -0.05) is 0 Å². The molecule has 0 saturated carbocycles. The third-order valence-electron chi connectivity index (χ3n) is 3.80. The number of hydrogen-bond acceptors (Lipinski definition) is 6. The fourth-order valence-electron chi connectivity index (χ4n) is 2.57. The molecule has 126 valence electrons. The van der Waals surface area contributed by atoms with E-state index in [0.29, 0.717) is 0 Å². The smallest absolute Gasteiger partial charge is 0.0558 e. The molecule has 1 fully saturated rings. The van der Waals surface area contributed by atoms with E-state index in [1.54, 1.807) is 0 Å². The zero-order valence-corrected chi connectivity index (χ0v) is 15.2. The van der Waals surface area contributed by atoms with Crippen molar-refractivity contribution in [3.8, 4) is 0 Å². The normalized spacial score (nSPS) is 23.0. The number of rotatable bonds is 4. The summed E-state index contributed by atoms with van der Waals surface area (Å²) in [5, 5.41) is 21.7. The van der Waals surface area contributed by atoms with Crippen LogP contribution in [0.1, 0.15) is 12.8 Å². The maximum atomic E-state index is 9.14. The lowest BCUT2D eigenvalue weighted by atomic mass is 10.3. The van der Waals surface area contributed by atoms with Gasteiger partial charge in [0.15, 0.2) is 0 Å². The molecule has 21 heavy (non-hydrogen) atoms.